The number of hydrogen-bond donors (Lipinski definition) is 1. The highest BCUT2D eigenvalue weighted by atomic mass is 32.2. The van der Waals surface area contributed by atoms with Crippen LogP contribution in [0.25, 0.3) is 0 Å². The number of pyridine rings is 1. The molecule has 0 radical (unpaired) electrons. The lowest BCUT2D eigenvalue weighted by molar-refractivity contribution is 0.154. The molecule has 5 heteroatoms. The third-order valence-electron chi connectivity index (χ3n) is 6.04. The summed E-state index contributed by atoms with van der Waals surface area (Å²) >= 11 is 1.79. The van der Waals surface area contributed by atoms with E-state index in [9.17, 15) is 0 Å². The summed E-state index contributed by atoms with van der Waals surface area (Å²) in [5.41, 5.74) is 9.71. The maximum atomic E-state index is 5.77. The number of nitrogens with zero attached hydrogens (tertiary/aromatic N) is 3. The maximum Gasteiger partial charge on any atom is 0.0450 e. The number of benzene rings is 1. The SMILES string of the molecule is CSc1ccc(N(Cc2cnccc2C)C2CCN([C@H](C)CCN)CC2)cc1. The van der Waals surface area contributed by atoms with Gasteiger partial charge < -0.3 is 15.5 Å². The molecule has 1 aliphatic rings. The van der Waals surface area contributed by atoms with E-state index in [0.29, 0.717) is 12.1 Å². The van der Waals surface area contributed by atoms with Gasteiger partial charge in [0.2, 0.25) is 0 Å². The third-order valence-corrected chi connectivity index (χ3v) is 6.78. The van der Waals surface area contributed by atoms with Gasteiger partial charge in [0.25, 0.3) is 0 Å². The molecule has 2 N–H and O–H groups in total. The maximum absolute atomic E-state index is 5.77. The normalized spacial score (nSPS) is 16.9. The minimum absolute atomic E-state index is 0.557. The van der Waals surface area contributed by atoms with Crippen LogP contribution < -0.4 is 10.6 Å². The van der Waals surface area contributed by atoms with Gasteiger partial charge in [0.05, 0.1) is 0 Å². The molecule has 2 aromatic rings. The molecule has 1 atom stereocenters. The van der Waals surface area contributed by atoms with E-state index in [1.54, 1.807) is 11.8 Å². The Morgan fingerprint density at radius 2 is 1.93 bits per heavy atom. The number of aryl methyl sites for hydroxylation is 1. The third kappa shape index (κ3) is 5.28. The lowest BCUT2D eigenvalue weighted by atomic mass is 9.99. The summed E-state index contributed by atoms with van der Waals surface area (Å²) in [6.07, 6.45) is 9.51. The Kier molecular flexibility index (Phi) is 7.77. The number of thioether (sulfide) groups is 1. The topological polar surface area (TPSA) is 45.4 Å². The zero-order valence-electron chi connectivity index (χ0n) is 17.5. The molecule has 28 heavy (non-hydrogen) atoms. The van der Waals surface area contributed by atoms with Crippen molar-refractivity contribution >= 4 is 17.4 Å². The van der Waals surface area contributed by atoms with Gasteiger partial charge >= 0.3 is 0 Å². The fourth-order valence-corrected chi connectivity index (χ4v) is 4.52. The summed E-state index contributed by atoms with van der Waals surface area (Å²) in [4.78, 5) is 10.9. The van der Waals surface area contributed by atoms with Crippen molar-refractivity contribution in [1.29, 1.82) is 0 Å². The summed E-state index contributed by atoms with van der Waals surface area (Å²) in [5.74, 6) is 0. The van der Waals surface area contributed by atoms with Crippen molar-refractivity contribution < 1.29 is 0 Å². The van der Waals surface area contributed by atoms with Gasteiger partial charge in [-0.1, -0.05) is 0 Å². The first-order valence-corrected chi connectivity index (χ1v) is 11.6. The second-order valence-electron chi connectivity index (χ2n) is 7.82. The summed E-state index contributed by atoms with van der Waals surface area (Å²) < 4.78 is 0. The van der Waals surface area contributed by atoms with E-state index in [1.807, 2.05) is 12.4 Å². The van der Waals surface area contributed by atoms with Crippen LogP contribution in [-0.2, 0) is 6.54 Å². The molecule has 3 rings (SSSR count). The van der Waals surface area contributed by atoms with Gasteiger partial charge in [0, 0.05) is 54.7 Å². The first-order chi connectivity index (χ1) is 13.6. The second kappa shape index (κ2) is 10.3. The number of hydrogen-bond acceptors (Lipinski definition) is 5. The first kappa shape index (κ1) is 21.2. The lowest BCUT2D eigenvalue weighted by Gasteiger charge is -2.42. The van der Waals surface area contributed by atoms with Crippen molar-refractivity contribution in [3.8, 4) is 0 Å². The molecule has 2 heterocycles. The van der Waals surface area contributed by atoms with Crippen LogP contribution in [0.3, 0.4) is 0 Å². The molecule has 1 fully saturated rings. The fourth-order valence-electron chi connectivity index (χ4n) is 4.11. The number of piperidine rings is 1. The predicted molar refractivity (Wildman–Crippen MR) is 121 cm³/mol. The highest BCUT2D eigenvalue weighted by Crippen LogP contribution is 2.29. The largest absolute Gasteiger partial charge is 0.364 e. The van der Waals surface area contributed by atoms with Crippen LogP contribution in [0.5, 0.6) is 0 Å². The Labute approximate surface area is 174 Å². The highest BCUT2D eigenvalue weighted by molar-refractivity contribution is 7.98. The van der Waals surface area contributed by atoms with Gasteiger partial charge in [-0.05, 0) is 87.4 Å². The van der Waals surface area contributed by atoms with E-state index >= 15 is 0 Å². The van der Waals surface area contributed by atoms with Gasteiger partial charge in [-0.3, -0.25) is 4.98 Å². The van der Waals surface area contributed by atoms with Gasteiger partial charge in [-0.25, -0.2) is 0 Å². The first-order valence-electron chi connectivity index (χ1n) is 10.4. The molecule has 0 amide bonds. The van der Waals surface area contributed by atoms with Crippen molar-refractivity contribution in [2.75, 3.05) is 30.8 Å². The van der Waals surface area contributed by atoms with Crippen LogP contribution in [0.4, 0.5) is 5.69 Å². The van der Waals surface area contributed by atoms with Crippen LogP contribution in [0.2, 0.25) is 0 Å². The smallest absolute Gasteiger partial charge is 0.0450 e. The van der Waals surface area contributed by atoms with Crippen LogP contribution in [0.15, 0.2) is 47.6 Å². The molecule has 1 saturated heterocycles. The number of rotatable bonds is 8. The number of nitrogens with two attached hydrogens (primary N) is 1. The average Bonchev–Trinajstić information content (AvgIpc) is 2.74. The molecule has 4 nitrogen and oxygen atoms in total. The second-order valence-corrected chi connectivity index (χ2v) is 8.70. The predicted octanol–water partition coefficient (Wildman–Crippen LogP) is 4.32. The Bertz CT molecular complexity index is 726. The number of anilines is 1. The summed E-state index contributed by atoms with van der Waals surface area (Å²) in [6, 6.07) is 12.3. The van der Waals surface area contributed by atoms with Crippen LogP contribution >= 0.6 is 11.8 Å². The number of likely N-dealkylation sites (tertiary alicyclic amines) is 1. The molecule has 0 bridgehead atoms. The minimum Gasteiger partial charge on any atom is -0.364 e. The Hall–Kier alpha value is -1.56. The van der Waals surface area contributed by atoms with Crippen LogP contribution in [0, 0.1) is 6.92 Å². The minimum atomic E-state index is 0.557. The van der Waals surface area contributed by atoms with E-state index in [0.717, 1.165) is 32.6 Å². The fraction of sp³-hybridized carbons (Fsp3) is 0.522. The van der Waals surface area contributed by atoms with Crippen molar-refractivity contribution in [1.82, 2.24) is 9.88 Å². The summed E-state index contributed by atoms with van der Waals surface area (Å²) in [6.45, 7) is 8.49. The molecule has 0 spiro atoms. The summed E-state index contributed by atoms with van der Waals surface area (Å²) in [7, 11) is 0. The molecule has 1 aromatic heterocycles. The van der Waals surface area contributed by atoms with Crippen molar-refractivity contribution in [3.63, 3.8) is 0 Å². The van der Waals surface area contributed by atoms with E-state index in [4.69, 9.17) is 5.73 Å². The molecule has 1 aromatic carbocycles. The Morgan fingerprint density at radius 3 is 2.54 bits per heavy atom. The van der Waals surface area contributed by atoms with Crippen LogP contribution in [-0.4, -0.2) is 47.9 Å². The van der Waals surface area contributed by atoms with Gasteiger partial charge in [0.15, 0.2) is 0 Å². The van der Waals surface area contributed by atoms with Crippen LogP contribution in [0.1, 0.15) is 37.3 Å². The quantitative estimate of drug-likeness (QED) is 0.671. The molecule has 0 unspecified atom stereocenters. The van der Waals surface area contributed by atoms with Crippen molar-refractivity contribution in [2.45, 2.75) is 56.6 Å². The highest BCUT2D eigenvalue weighted by Gasteiger charge is 2.27. The van der Waals surface area contributed by atoms with E-state index in [-0.39, 0.29) is 0 Å². The molecule has 0 saturated carbocycles. The van der Waals surface area contributed by atoms with Gasteiger partial charge in [-0.2, -0.15) is 0 Å². The van der Waals surface area contributed by atoms with E-state index in [1.165, 1.54) is 34.6 Å². The number of aromatic nitrogens is 1. The summed E-state index contributed by atoms with van der Waals surface area (Å²) in [5, 5.41) is 0. The van der Waals surface area contributed by atoms with E-state index < -0.39 is 0 Å². The van der Waals surface area contributed by atoms with Crippen molar-refractivity contribution in [2.24, 2.45) is 5.73 Å². The molecule has 0 aliphatic carbocycles. The molecular weight excluding hydrogens is 364 g/mol. The monoisotopic (exact) mass is 398 g/mol. The van der Waals surface area contributed by atoms with Crippen molar-refractivity contribution in [3.05, 3.63) is 53.9 Å². The molecule has 1 aliphatic heterocycles. The lowest BCUT2D eigenvalue weighted by Crippen LogP contribution is -2.47. The Morgan fingerprint density at radius 1 is 1.21 bits per heavy atom. The zero-order chi connectivity index (χ0) is 19.9. The Balaban J connectivity index is 1.77. The molecule has 152 valence electrons. The van der Waals surface area contributed by atoms with Gasteiger partial charge in [0.1, 0.15) is 0 Å². The standard InChI is InChI=1S/C23H34N4S/c1-18-9-13-25-16-20(18)17-27(21-4-6-23(28-3)7-5-21)22-10-14-26(15-11-22)19(2)8-12-24/h4-7,9,13,16,19,22H,8,10-12,14-15,17,24H2,1-3H3/t19-/m1/s1. The average molecular weight is 399 g/mol. The van der Waals surface area contributed by atoms with Gasteiger partial charge in [-0.15, -0.1) is 11.8 Å². The molecular formula is C23H34N4S. The van der Waals surface area contributed by atoms with E-state index in [2.05, 4.69) is 65.2 Å². The zero-order valence-corrected chi connectivity index (χ0v) is 18.3.